The highest BCUT2D eigenvalue weighted by molar-refractivity contribution is 6.50. The van der Waals surface area contributed by atoms with Crippen molar-refractivity contribution >= 4 is 28.9 Å². The fraction of sp³-hybridized carbons (Fsp3) is 0.222. The molecule has 0 radical (unpaired) electrons. The molecule has 0 atom stereocenters. The van der Waals surface area contributed by atoms with Gasteiger partial charge >= 0.3 is 0 Å². The van der Waals surface area contributed by atoms with E-state index in [4.69, 9.17) is 11.6 Å². The lowest BCUT2D eigenvalue weighted by atomic mass is 9.95. The number of Topliss-reactive ketones (excluding diaryl/α,β-unsaturated/α-hetero) is 2. The monoisotopic (exact) mass is 341 g/mol. The molecule has 3 rings (SSSR count). The number of rotatable bonds is 5. The minimum absolute atomic E-state index is 0.0785. The number of hydrogen-bond acceptors (Lipinski definition) is 5. The van der Waals surface area contributed by atoms with E-state index in [-0.39, 0.29) is 27.6 Å². The standard InChI is InChI=1S/C18H16ClN3O2/c1-2-3-5-11-6-4-7-12(8-11)22-16-15(19)17(23)13-9-20-21-10-14(13)18(16)24/h4,6-10,22H,2-3,5H2,1H3. The number of carbonyl (C=O) groups is 2. The van der Waals surface area contributed by atoms with Gasteiger partial charge in [-0.15, -0.1) is 0 Å². The minimum Gasteiger partial charge on any atom is -0.351 e. The zero-order valence-electron chi connectivity index (χ0n) is 13.2. The Morgan fingerprint density at radius 3 is 2.50 bits per heavy atom. The largest absolute Gasteiger partial charge is 0.351 e. The van der Waals surface area contributed by atoms with Gasteiger partial charge in [0.25, 0.3) is 0 Å². The number of fused-ring (bicyclic) bond motifs is 1. The van der Waals surface area contributed by atoms with E-state index in [0.29, 0.717) is 0 Å². The topological polar surface area (TPSA) is 72.0 Å². The predicted molar refractivity (Wildman–Crippen MR) is 92.2 cm³/mol. The maximum absolute atomic E-state index is 12.6. The van der Waals surface area contributed by atoms with Crippen molar-refractivity contribution in [1.82, 2.24) is 10.2 Å². The Morgan fingerprint density at radius 2 is 1.79 bits per heavy atom. The van der Waals surface area contributed by atoms with Gasteiger partial charge in [-0.05, 0) is 30.5 Å². The van der Waals surface area contributed by atoms with Gasteiger partial charge in [0, 0.05) is 5.69 Å². The molecule has 1 heterocycles. The van der Waals surface area contributed by atoms with Crippen molar-refractivity contribution in [2.75, 3.05) is 5.32 Å². The van der Waals surface area contributed by atoms with E-state index in [9.17, 15) is 9.59 Å². The van der Waals surface area contributed by atoms with E-state index in [1.165, 1.54) is 18.0 Å². The van der Waals surface area contributed by atoms with Gasteiger partial charge in [-0.25, -0.2) is 0 Å². The third kappa shape index (κ3) is 3.08. The SMILES string of the molecule is CCCCc1cccc(NC2=C(Cl)C(=O)c3cnncc3C2=O)c1. The lowest BCUT2D eigenvalue weighted by Gasteiger charge is -2.18. The summed E-state index contributed by atoms with van der Waals surface area (Å²) in [5.74, 6) is -0.783. The Hall–Kier alpha value is -2.53. The highest BCUT2D eigenvalue weighted by atomic mass is 35.5. The molecule has 0 unspecified atom stereocenters. The van der Waals surface area contributed by atoms with E-state index in [0.717, 1.165) is 24.9 Å². The summed E-state index contributed by atoms with van der Waals surface area (Å²) >= 11 is 6.13. The summed E-state index contributed by atoms with van der Waals surface area (Å²) in [5.41, 5.74) is 2.36. The molecule has 1 aliphatic rings. The third-order valence-corrected chi connectivity index (χ3v) is 4.24. The molecule has 5 nitrogen and oxygen atoms in total. The maximum atomic E-state index is 12.6. The van der Waals surface area contributed by atoms with Gasteiger partial charge in [-0.2, -0.15) is 10.2 Å². The van der Waals surface area contributed by atoms with Crippen LogP contribution in [0.25, 0.3) is 0 Å². The summed E-state index contributed by atoms with van der Waals surface area (Å²) in [5, 5.41) is 10.2. The van der Waals surface area contributed by atoms with Gasteiger partial charge in [0.2, 0.25) is 11.6 Å². The molecule has 1 aromatic carbocycles. The molecule has 1 aromatic heterocycles. The average molecular weight is 342 g/mol. The average Bonchev–Trinajstić information content (AvgIpc) is 2.62. The first kappa shape index (κ1) is 16.3. The normalized spacial score (nSPS) is 13.9. The fourth-order valence-electron chi connectivity index (χ4n) is 2.59. The minimum atomic E-state index is -0.425. The lowest BCUT2D eigenvalue weighted by Crippen LogP contribution is -2.24. The van der Waals surface area contributed by atoms with Gasteiger partial charge in [0.15, 0.2) is 0 Å². The lowest BCUT2D eigenvalue weighted by molar-refractivity contribution is 0.0981. The summed E-state index contributed by atoms with van der Waals surface area (Å²) in [6.07, 6.45) is 5.72. The molecule has 6 heteroatoms. The van der Waals surface area contributed by atoms with E-state index in [1.807, 2.05) is 24.3 Å². The van der Waals surface area contributed by atoms with Gasteiger partial charge in [-0.1, -0.05) is 37.1 Å². The zero-order valence-corrected chi connectivity index (χ0v) is 13.9. The third-order valence-electron chi connectivity index (χ3n) is 3.88. The Morgan fingerprint density at radius 1 is 1.08 bits per heavy atom. The smallest absolute Gasteiger partial charge is 0.213 e. The van der Waals surface area contributed by atoms with Gasteiger partial charge in [-0.3, -0.25) is 9.59 Å². The van der Waals surface area contributed by atoms with Crippen LogP contribution in [0.15, 0.2) is 47.4 Å². The summed E-state index contributed by atoms with van der Waals surface area (Å²) in [6, 6.07) is 7.75. The van der Waals surface area contributed by atoms with Gasteiger partial charge in [0.1, 0.15) is 10.7 Å². The number of ketones is 2. The number of benzene rings is 1. The second kappa shape index (κ2) is 6.93. The van der Waals surface area contributed by atoms with Crippen LogP contribution in [0.1, 0.15) is 46.0 Å². The number of hydrogen-bond donors (Lipinski definition) is 1. The molecule has 0 bridgehead atoms. The van der Waals surface area contributed by atoms with E-state index < -0.39 is 5.78 Å². The van der Waals surface area contributed by atoms with Crippen molar-refractivity contribution in [3.8, 4) is 0 Å². The first-order chi connectivity index (χ1) is 11.6. The van der Waals surface area contributed by atoms with Crippen molar-refractivity contribution in [3.05, 3.63) is 64.1 Å². The van der Waals surface area contributed by atoms with Crippen LogP contribution in [0.3, 0.4) is 0 Å². The number of aryl methyl sites for hydroxylation is 1. The molecule has 0 aliphatic heterocycles. The molecule has 0 fully saturated rings. The molecule has 24 heavy (non-hydrogen) atoms. The van der Waals surface area contributed by atoms with Crippen LogP contribution in [0.4, 0.5) is 5.69 Å². The molecule has 122 valence electrons. The zero-order chi connectivity index (χ0) is 17.1. The molecule has 0 amide bonds. The number of nitrogens with zero attached hydrogens (tertiary/aromatic N) is 2. The molecular weight excluding hydrogens is 326 g/mol. The highest BCUT2D eigenvalue weighted by Gasteiger charge is 2.32. The van der Waals surface area contributed by atoms with Crippen molar-refractivity contribution < 1.29 is 9.59 Å². The molecule has 0 saturated heterocycles. The molecule has 0 saturated carbocycles. The summed E-state index contributed by atoms with van der Waals surface area (Å²) < 4.78 is 0. The van der Waals surface area contributed by atoms with E-state index in [2.05, 4.69) is 22.4 Å². The first-order valence-electron chi connectivity index (χ1n) is 7.77. The first-order valence-corrected chi connectivity index (χ1v) is 8.15. The Labute approximate surface area is 144 Å². The number of carbonyl (C=O) groups excluding carboxylic acids is 2. The number of nitrogens with one attached hydrogen (secondary N) is 1. The van der Waals surface area contributed by atoms with E-state index >= 15 is 0 Å². The highest BCUT2D eigenvalue weighted by Crippen LogP contribution is 2.28. The number of halogens is 1. The molecule has 1 aliphatic carbocycles. The van der Waals surface area contributed by atoms with Crippen molar-refractivity contribution in [3.63, 3.8) is 0 Å². The number of anilines is 1. The van der Waals surface area contributed by atoms with Crippen LogP contribution in [-0.4, -0.2) is 21.8 Å². The summed E-state index contributed by atoms with van der Waals surface area (Å²) in [6.45, 7) is 2.14. The van der Waals surface area contributed by atoms with Gasteiger partial charge in [0.05, 0.1) is 23.5 Å². The Balaban J connectivity index is 1.91. The maximum Gasteiger partial charge on any atom is 0.213 e. The summed E-state index contributed by atoms with van der Waals surface area (Å²) in [7, 11) is 0. The van der Waals surface area contributed by atoms with Crippen LogP contribution >= 0.6 is 11.6 Å². The molecule has 1 N–H and O–H groups in total. The van der Waals surface area contributed by atoms with Crippen LogP contribution in [0.5, 0.6) is 0 Å². The number of aromatic nitrogens is 2. The molecular formula is C18H16ClN3O2. The van der Waals surface area contributed by atoms with Crippen molar-refractivity contribution in [2.45, 2.75) is 26.2 Å². The van der Waals surface area contributed by atoms with Crippen LogP contribution in [0, 0.1) is 0 Å². The summed E-state index contributed by atoms with van der Waals surface area (Å²) in [4.78, 5) is 24.9. The number of allylic oxidation sites excluding steroid dienone is 2. The molecule has 0 spiro atoms. The van der Waals surface area contributed by atoms with Crippen LogP contribution in [0.2, 0.25) is 0 Å². The van der Waals surface area contributed by atoms with E-state index in [1.54, 1.807) is 0 Å². The van der Waals surface area contributed by atoms with Crippen molar-refractivity contribution in [1.29, 1.82) is 0 Å². The quantitative estimate of drug-likeness (QED) is 0.896. The number of unbranched alkanes of at least 4 members (excludes halogenated alkanes) is 1. The fourth-order valence-corrected chi connectivity index (χ4v) is 2.83. The Bertz CT molecular complexity index is 846. The molecule has 2 aromatic rings. The van der Waals surface area contributed by atoms with Gasteiger partial charge < -0.3 is 5.32 Å². The Kier molecular flexibility index (Phi) is 4.71. The second-order valence-electron chi connectivity index (χ2n) is 5.59. The van der Waals surface area contributed by atoms with Crippen LogP contribution in [-0.2, 0) is 6.42 Å². The predicted octanol–water partition coefficient (Wildman–Crippen LogP) is 3.76. The van der Waals surface area contributed by atoms with Crippen LogP contribution < -0.4 is 5.32 Å². The van der Waals surface area contributed by atoms with Crippen molar-refractivity contribution in [2.24, 2.45) is 0 Å². The second-order valence-corrected chi connectivity index (χ2v) is 5.97.